The SMILES string of the molecule is CC(C)N(Cc1ccccc1)C(=O)Cn1nc(-c2ccc(F)cc2)oc1=O. The van der Waals surface area contributed by atoms with E-state index >= 15 is 0 Å². The van der Waals surface area contributed by atoms with E-state index < -0.39 is 11.6 Å². The molecule has 0 spiro atoms. The van der Waals surface area contributed by atoms with Crippen LogP contribution in [0.2, 0.25) is 0 Å². The monoisotopic (exact) mass is 369 g/mol. The third kappa shape index (κ3) is 4.49. The van der Waals surface area contributed by atoms with Crippen LogP contribution < -0.4 is 5.76 Å². The molecule has 1 heterocycles. The van der Waals surface area contributed by atoms with Gasteiger partial charge in [0.2, 0.25) is 11.8 Å². The number of benzene rings is 2. The molecule has 0 aliphatic rings. The number of amides is 1. The molecular formula is C20H20FN3O3. The largest absolute Gasteiger partial charge is 0.437 e. The predicted octanol–water partition coefficient (Wildman–Crippen LogP) is 3.08. The molecule has 0 bridgehead atoms. The van der Waals surface area contributed by atoms with Gasteiger partial charge in [0.05, 0.1) is 0 Å². The van der Waals surface area contributed by atoms with Crippen LogP contribution in [0.4, 0.5) is 4.39 Å². The van der Waals surface area contributed by atoms with Crippen LogP contribution in [-0.4, -0.2) is 26.6 Å². The highest BCUT2D eigenvalue weighted by molar-refractivity contribution is 5.76. The predicted molar refractivity (Wildman–Crippen MR) is 98.3 cm³/mol. The smallest absolute Gasteiger partial charge is 0.388 e. The van der Waals surface area contributed by atoms with Gasteiger partial charge in [-0.05, 0) is 43.7 Å². The summed E-state index contributed by atoms with van der Waals surface area (Å²) in [6.07, 6.45) is 0. The van der Waals surface area contributed by atoms with E-state index in [0.29, 0.717) is 12.1 Å². The Kier molecular flexibility index (Phi) is 5.49. The van der Waals surface area contributed by atoms with Gasteiger partial charge >= 0.3 is 5.76 Å². The highest BCUT2D eigenvalue weighted by atomic mass is 19.1. The third-order valence-corrected chi connectivity index (χ3v) is 4.12. The molecule has 3 aromatic rings. The summed E-state index contributed by atoms with van der Waals surface area (Å²) in [6, 6.07) is 15.0. The molecule has 0 radical (unpaired) electrons. The topological polar surface area (TPSA) is 68.3 Å². The number of carbonyl (C=O) groups excluding carboxylic acids is 1. The lowest BCUT2D eigenvalue weighted by Crippen LogP contribution is -2.40. The van der Waals surface area contributed by atoms with E-state index in [1.807, 2.05) is 44.2 Å². The van der Waals surface area contributed by atoms with Gasteiger partial charge < -0.3 is 9.32 Å². The zero-order chi connectivity index (χ0) is 19.4. The number of carbonyl (C=O) groups is 1. The van der Waals surface area contributed by atoms with Gasteiger partial charge in [-0.1, -0.05) is 30.3 Å². The fraction of sp³-hybridized carbons (Fsp3) is 0.250. The average molecular weight is 369 g/mol. The van der Waals surface area contributed by atoms with Crippen LogP contribution in [0.15, 0.2) is 63.8 Å². The van der Waals surface area contributed by atoms with Gasteiger partial charge in [-0.25, -0.2) is 9.18 Å². The maximum Gasteiger partial charge on any atom is 0.437 e. The number of aromatic nitrogens is 2. The maximum atomic E-state index is 13.0. The van der Waals surface area contributed by atoms with Gasteiger partial charge in [0, 0.05) is 18.2 Å². The Morgan fingerprint density at radius 3 is 2.44 bits per heavy atom. The minimum atomic E-state index is -0.730. The van der Waals surface area contributed by atoms with Gasteiger partial charge in [-0.3, -0.25) is 4.79 Å². The molecule has 0 atom stereocenters. The highest BCUT2D eigenvalue weighted by Gasteiger charge is 2.20. The van der Waals surface area contributed by atoms with E-state index in [2.05, 4.69) is 5.10 Å². The molecule has 1 aromatic heterocycles. The standard InChI is InChI=1S/C20H20FN3O3/c1-14(2)23(12-15-6-4-3-5-7-15)18(25)13-24-20(26)27-19(22-24)16-8-10-17(21)11-9-16/h3-11,14H,12-13H2,1-2H3. The summed E-state index contributed by atoms with van der Waals surface area (Å²) >= 11 is 0. The molecule has 0 fully saturated rings. The molecule has 0 aliphatic carbocycles. The number of hydrogen-bond acceptors (Lipinski definition) is 4. The zero-order valence-corrected chi connectivity index (χ0v) is 15.1. The summed E-state index contributed by atoms with van der Waals surface area (Å²) in [4.78, 5) is 26.5. The Balaban J connectivity index is 1.78. The fourth-order valence-electron chi connectivity index (χ4n) is 2.67. The normalized spacial score (nSPS) is 11.0. The summed E-state index contributed by atoms with van der Waals surface area (Å²) in [5, 5.41) is 4.07. The molecule has 1 amide bonds. The van der Waals surface area contributed by atoms with Crippen molar-refractivity contribution in [2.24, 2.45) is 0 Å². The van der Waals surface area contributed by atoms with Gasteiger partial charge in [-0.15, -0.1) is 5.10 Å². The van der Waals surface area contributed by atoms with Gasteiger partial charge in [0.1, 0.15) is 12.4 Å². The van der Waals surface area contributed by atoms with E-state index in [4.69, 9.17) is 4.42 Å². The second kappa shape index (κ2) is 7.99. The molecule has 0 aliphatic heterocycles. The lowest BCUT2D eigenvalue weighted by Gasteiger charge is -2.26. The van der Waals surface area contributed by atoms with E-state index in [0.717, 1.165) is 10.2 Å². The summed E-state index contributed by atoms with van der Waals surface area (Å²) in [5.74, 6) is -1.32. The van der Waals surface area contributed by atoms with Crippen LogP contribution in [0.5, 0.6) is 0 Å². The molecule has 6 nitrogen and oxygen atoms in total. The van der Waals surface area contributed by atoms with Crippen molar-refractivity contribution in [3.05, 3.63) is 76.5 Å². The van der Waals surface area contributed by atoms with Crippen LogP contribution >= 0.6 is 0 Å². The molecule has 0 unspecified atom stereocenters. The maximum absolute atomic E-state index is 13.0. The summed E-state index contributed by atoms with van der Waals surface area (Å²) < 4.78 is 19.1. The second-order valence-electron chi connectivity index (χ2n) is 6.44. The molecule has 0 saturated heterocycles. The highest BCUT2D eigenvalue weighted by Crippen LogP contribution is 2.16. The molecular weight excluding hydrogens is 349 g/mol. The molecule has 27 heavy (non-hydrogen) atoms. The van der Waals surface area contributed by atoms with E-state index in [1.165, 1.54) is 24.3 Å². The lowest BCUT2D eigenvalue weighted by molar-refractivity contribution is -0.134. The lowest BCUT2D eigenvalue weighted by atomic mass is 10.2. The van der Waals surface area contributed by atoms with E-state index in [9.17, 15) is 14.0 Å². The molecule has 2 aromatic carbocycles. The average Bonchev–Trinajstić information content (AvgIpc) is 3.01. The van der Waals surface area contributed by atoms with Crippen molar-refractivity contribution in [2.45, 2.75) is 33.0 Å². The zero-order valence-electron chi connectivity index (χ0n) is 15.1. The van der Waals surface area contributed by atoms with Crippen molar-refractivity contribution >= 4 is 5.91 Å². The quantitative estimate of drug-likeness (QED) is 0.670. The van der Waals surface area contributed by atoms with Crippen LogP contribution in [0, 0.1) is 5.82 Å². The van der Waals surface area contributed by atoms with Crippen molar-refractivity contribution in [2.75, 3.05) is 0 Å². The Bertz CT molecular complexity index is 962. The van der Waals surface area contributed by atoms with Crippen LogP contribution in [0.3, 0.4) is 0 Å². The minimum absolute atomic E-state index is 0.0446. The van der Waals surface area contributed by atoms with Crippen LogP contribution in [0.25, 0.3) is 11.5 Å². The fourth-order valence-corrected chi connectivity index (χ4v) is 2.67. The first-order chi connectivity index (χ1) is 12.9. The van der Waals surface area contributed by atoms with Gasteiger partial charge in [-0.2, -0.15) is 4.68 Å². The van der Waals surface area contributed by atoms with E-state index in [-0.39, 0.29) is 24.4 Å². The summed E-state index contributed by atoms with van der Waals surface area (Å²) in [6.45, 7) is 4.04. The van der Waals surface area contributed by atoms with Gasteiger partial charge in [0.15, 0.2) is 0 Å². The van der Waals surface area contributed by atoms with Gasteiger partial charge in [0.25, 0.3) is 0 Å². The van der Waals surface area contributed by atoms with Crippen molar-refractivity contribution in [1.82, 2.24) is 14.7 Å². The molecule has 0 N–H and O–H groups in total. The van der Waals surface area contributed by atoms with Crippen LogP contribution in [0.1, 0.15) is 19.4 Å². The Morgan fingerprint density at radius 1 is 1.15 bits per heavy atom. The van der Waals surface area contributed by atoms with Crippen LogP contribution in [-0.2, 0) is 17.9 Å². The third-order valence-electron chi connectivity index (χ3n) is 4.12. The molecule has 0 saturated carbocycles. The number of hydrogen-bond donors (Lipinski definition) is 0. The van der Waals surface area contributed by atoms with Crippen molar-refractivity contribution < 1.29 is 13.6 Å². The summed E-state index contributed by atoms with van der Waals surface area (Å²) in [7, 11) is 0. The minimum Gasteiger partial charge on any atom is -0.388 e. The first-order valence-corrected chi connectivity index (χ1v) is 8.61. The Morgan fingerprint density at radius 2 is 1.81 bits per heavy atom. The number of nitrogens with zero attached hydrogens (tertiary/aromatic N) is 3. The summed E-state index contributed by atoms with van der Waals surface area (Å²) in [5.41, 5.74) is 1.46. The van der Waals surface area contributed by atoms with Crippen molar-refractivity contribution in [3.8, 4) is 11.5 Å². The first-order valence-electron chi connectivity index (χ1n) is 8.61. The van der Waals surface area contributed by atoms with Crippen molar-refractivity contribution in [1.29, 1.82) is 0 Å². The Hall–Kier alpha value is -3.22. The first kappa shape index (κ1) is 18.6. The Labute approximate surface area is 155 Å². The second-order valence-corrected chi connectivity index (χ2v) is 6.44. The number of rotatable bonds is 6. The molecule has 3 rings (SSSR count). The number of halogens is 1. The van der Waals surface area contributed by atoms with E-state index in [1.54, 1.807) is 4.90 Å². The van der Waals surface area contributed by atoms with Crippen molar-refractivity contribution in [3.63, 3.8) is 0 Å². The molecule has 7 heteroatoms. The molecule has 140 valence electrons.